The van der Waals surface area contributed by atoms with Crippen molar-refractivity contribution < 1.29 is 19.4 Å². The van der Waals surface area contributed by atoms with Gasteiger partial charge in [-0.3, -0.25) is 9.59 Å². The van der Waals surface area contributed by atoms with Crippen molar-refractivity contribution in [2.24, 2.45) is 23.0 Å². The third kappa shape index (κ3) is 9.28. The third-order valence-electron chi connectivity index (χ3n) is 8.18. The van der Waals surface area contributed by atoms with Gasteiger partial charge in [0.1, 0.15) is 5.75 Å². The van der Waals surface area contributed by atoms with Crippen molar-refractivity contribution in [2.45, 2.75) is 72.4 Å². The minimum absolute atomic E-state index is 0.0484. The Kier molecular flexibility index (Phi) is 13.0. The predicted octanol–water partition coefficient (Wildman–Crippen LogP) is 5.43. The number of methoxy groups -OCH3 is 1. The molecule has 3 rings (SSSR count). The molecular formula is C36H51N3O4. The van der Waals surface area contributed by atoms with Crippen molar-refractivity contribution in [3.63, 3.8) is 0 Å². The number of nitrogens with two attached hydrogens (primary N) is 1. The number of carbonyl (C=O) groups excluding carboxylic acids is 2. The van der Waals surface area contributed by atoms with Crippen LogP contribution >= 0.6 is 0 Å². The normalized spacial score (nSPS) is 18.0. The summed E-state index contributed by atoms with van der Waals surface area (Å²) in [5.41, 5.74) is 8.62. The first kappa shape index (κ1) is 34.1. The smallest absolute Gasteiger partial charge is 0.249 e. The Balaban J connectivity index is 2.01. The molecule has 0 radical (unpaired) electrons. The molecule has 43 heavy (non-hydrogen) atoms. The van der Waals surface area contributed by atoms with Gasteiger partial charge in [-0.05, 0) is 61.3 Å². The van der Waals surface area contributed by atoms with E-state index in [9.17, 15) is 14.7 Å². The second-order valence-corrected chi connectivity index (χ2v) is 12.2. The number of aliphatic hydroxyl groups is 1. The van der Waals surface area contributed by atoms with E-state index in [0.29, 0.717) is 44.0 Å². The number of allylic oxidation sites excluding steroid dienone is 2. The van der Waals surface area contributed by atoms with Crippen molar-refractivity contribution in [1.29, 1.82) is 0 Å². The van der Waals surface area contributed by atoms with Crippen LogP contribution in [0.5, 0.6) is 5.75 Å². The van der Waals surface area contributed by atoms with Crippen LogP contribution < -0.4 is 15.8 Å². The maximum absolute atomic E-state index is 13.9. The number of ether oxygens (including phenoxy) is 1. The molecule has 0 aromatic heterocycles. The van der Waals surface area contributed by atoms with E-state index in [-0.39, 0.29) is 18.9 Å². The summed E-state index contributed by atoms with van der Waals surface area (Å²) in [5, 5.41) is 15.2. The van der Waals surface area contributed by atoms with Crippen LogP contribution in [0.2, 0.25) is 0 Å². The first-order valence-corrected chi connectivity index (χ1v) is 15.7. The SMILES string of the molecule is CCCN(CCC)C(=O)C1=CC(CC(C)C)=CC(C(N)=O)([C@H](Cc2ccccc2)[C@@H](O)CNCc2cccc(OC)c2)C1. The average molecular weight is 590 g/mol. The van der Waals surface area contributed by atoms with Gasteiger partial charge in [0.05, 0.1) is 18.6 Å². The van der Waals surface area contributed by atoms with Crippen LogP contribution in [0.3, 0.4) is 0 Å². The molecular weight excluding hydrogens is 538 g/mol. The topological polar surface area (TPSA) is 105 Å². The van der Waals surface area contributed by atoms with Gasteiger partial charge in [0.2, 0.25) is 11.8 Å². The van der Waals surface area contributed by atoms with E-state index in [4.69, 9.17) is 10.5 Å². The van der Waals surface area contributed by atoms with E-state index in [0.717, 1.165) is 35.3 Å². The first-order valence-electron chi connectivity index (χ1n) is 15.7. The minimum Gasteiger partial charge on any atom is -0.497 e. The molecule has 2 amide bonds. The summed E-state index contributed by atoms with van der Waals surface area (Å²) in [6.07, 6.45) is 6.03. The molecule has 0 bridgehead atoms. The van der Waals surface area contributed by atoms with Crippen LogP contribution in [0.4, 0.5) is 0 Å². The van der Waals surface area contributed by atoms with Gasteiger partial charge in [0, 0.05) is 37.7 Å². The number of hydrogen-bond donors (Lipinski definition) is 3. The minimum atomic E-state index is -1.24. The Hall–Kier alpha value is -3.42. The number of primary amides is 1. The predicted molar refractivity (Wildman–Crippen MR) is 173 cm³/mol. The summed E-state index contributed by atoms with van der Waals surface area (Å²) in [6, 6.07) is 17.7. The Morgan fingerprint density at radius 3 is 2.30 bits per heavy atom. The monoisotopic (exact) mass is 589 g/mol. The molecule has 7 heteroatoms. The highest BCUT2D eigenvalue weighted by atomic mass is 16.5. The van der Waals surface area contributed by atoms with Crippen LogP contribution in [0, 0.1) is 17.3 Å². The van der Waals surface area contributed by atoms with Gasteiger partial charge in [0.15, 0.2) is 0 Å². The highest BCUT2D eigenvalue weighted by molar-refractivity contribution is 5.97. The van der Waals surface area contributed by atoms with Crippen molar-refractivity contribution in [1.82, 2.24) is 10.2 Å². The van der Waals surface area contributed by atoms with Crippen LogP contribution in [0.1, 0.15) is 64.5 Å². The van der Waals surface area contributed by atoms with E-state index in [2.05, 4.69) is 33.0 Å². The van der Waals surface area contributed by atoms with Gasteiger partial charge in [-0.2, -0.15) is 0 Å². The third-order valence-corrected chi connectivity index (χ3v) is 8.18. The number of amides is 2. The largest absolute Gasteiger partial charge is 0.497 e. The van der Waals surface area contributed by atoms with E-state index < -0.39 is 23.3 Å². The molecule has 234 valence electrons. The van der Waals surface area contributed by atoms with Gasteiger partial charge < -0.3 is 25.8 Å². The molecule has 2 aromatic carbocycles. The Bertz CT molecular complexity index is 1250. The second-order valence-electron chi connectivity index (χ2n) is 12.2. The number of aliphatic hydroxyl groups excluding tert-OH is 1. The summed E-state index contributed by atoms with van der Waals surface area (Å²) < 4.78 is 5.35. The van der Waals surface area contributed by atoms with Gasteiger partial charge in [0.25, 0.3) is 0 Å². The molecule has 1 aliphatic rings. The fourth-order valence-corrected chi connectivity index (χ4v) is 6.20. The van der Waals surface area contributed by atoms with Crippen LogP contribution in [0.15, 0.2) is 77.9 Å². The highest BCUT2D eigenvalue weighted by Crippen LogP contribution is 2.45. The summed E-state index contributed by atoms with van der Waals surface area (Å²) in [6.45, 7) is 10.5. The summed E-state index contributed by atoms with van der Waals surface area (Å²) in [5.74, 6) is -0.0458. The van der Waals surface area contributed by atoms with E-state index in [1.54, 1.807) is 7.11 Å². The maximum Gasteiger partial charge on any atom is 0.249 e. The molecule has 1 aliphatic carbocycles. The maximum atomic E-state index is 13.9. The zero-order valence-corrected chi connectivity index (χ0v) is 26.6. The van der Waals surface area contributed by atoms with E-state index >= 15 is 0 Å². The number of carbonyl (C=O) groups is 2. The fraction of sp³-hybridized carbons (Fsp3) is 0.500. The van der Waals surface area contributed by atoms with Crippen LogP contribution in [-0.2, 0) is 22.6 Å². The quantitative estimate of drug-likeness (QED) is 0.228. The van der Waals surface area contributed by atoms with Gasteiger partial charge in [-0.1, -0.05) is 87.9 Å². The Morgan fingerprint density at radius 1 is 1.02 bits per heavy atom. The highest BCUT2D eigenvalue weighted by Gasteiger charge is 2.48. The van der Waals surface area contributed by atoms with Crippen molar-refractivity contribution in [2.75, 3.05) is 26.7 Å². The zero-order valence-electron chi connectivity index (χ0n) is 26.6. The molecule has 2 aromatic rings. The molecule has 0 heterocycles. The lowest BCUT2D eigenvalue weighted by Crippen LogP contribution is -2.52. The first-order chi connectivity index (χ1) is 20.6. The Labute approximate surface area is 258 Å². The molecule has 3 atom stereocenters. The molecule has 4 N–H and O–H groups in total. The summed E-state index contributed by atoms with van der Waals surface area (Å²) in [4.78, 5) is 29.5. The van der Waals surface area contributed by atoms with Gasteiger partial charge in [-0.25, -0.2) is 0 Å². The molecule has 0 saturated heterocycles. The number of benzene rings is 2. The van der Waals surface area contributed by atoms with Crippen LogP contribution in [-0.4, -0.2) is 54.7 Å². The summed E-state index contributed by atoms with van der Waals surface area (Å²) in [7, 11) is 1.64. The van der Waals surface area contributed by atoms with Crippen molar-refractivity contribution in [3.8, 4) is 5.75 Å². The van der Waals surface area contributed by atoms with Gasteiger partial charge in [-0.15, -0.1) is 0 Å². The lowest BCUT2D eigenvalue weighted by atomic mass is 9.63. The lowest BCUT2D eigenvalue weighted by molar-refractivity contribution is -0.132. The van der Waals surface area contributed by atoms with E-state index in [1.807, 2.05) is 71.6 Å². The standard InChI is InChI=1S/C36H51N3O4/c1-6-16-39(17-7-2)34(41)30-19-29(18-26(3)4)22-36(23-30,35(37)42)32(21-27-12-9-8-10-13-27)33(40)25-38-24-28-14-11-15-31(20-28)43-5/h8-15,19-20,22,26,32-33,38,40H,6-7,16-18,21,23-25H2,1-5H3,(H2,37,42)/t32-,33+,36?/m1/s1. The fourth-order valence-electron chi connectivity index (χ4n) is 6.20. The average Bonchev–Trinajstić information content (AvgIpc) is 2.99. The van der Waals surface area contributed by atoms with Gasteiger partial charge >= 0.3 is 0 Å². The molecule has 0 aliphatic heterocycles. The number of rotatable bonds is 17. The lowest BCUT2D eigenvalue weighted by Gasteiger charge is -2.42. The number of hydrogen-bond acceptors (Lipinski definition) is 5. The number of nitrogens with zero attached hydrogens (tertiary/aromatic N) is 1. The molecule has 0 spiro atoms. The zero-order chi connectivity index (χ0) is 31.4. The molecule has 7 nitrogen and oxygen atoms in total. The van der Waals surface area contributed by atoms with Crippen LogP contribution in [0.25, 0.3) is 0 Å². The van der Waals surface area contributed by atoms with Crippen molar-refractivity contribution in [3.05, 3.63) is 89.0 Å². The van der Waals surface area contributed by atoms with Crippen molar-refractivity contribution >= 4 is 11.8 Å². The molecule has 0 saturated carbocycles. The Morgan fingerprint density at radius 2 is 1.70 bits per heavy atom. The summed E-state index contributed by atoms with van der Waals surface area (Å²) >= 11 is 0. The number of nitrogens with one attached hydrogen (secondary N) is 1. The molecule has 0 fully saturated rings. The van der Waals surface area contributed by atoms with E-state index in [1.165, 1.54) is 0 Å². The second kappa shape index (κ2) is 16.4. The molecule has 1 unspecified atom stereocenters.